The first-order valence-corrected chi connectivity index (χ1v) is 8.22. The third-order valence-electron chi connectivity index (χ3n) is 4.02. The Morgan fingerprint density at radius 1 is 1.44 bits per heavy atom. The van der Waals surface area contributed by atoms with Crippen LogP contribution in [0.4, 0.5) is 0 Å². The molecule has 2 N–H and O–H groups in total. The highest BCUT2D eigenvalue weighted by Crippen LogP contribution is 2.14. The fourth-order valence-electron chi connectivity index (χ4n) is 2.75. The number of carbonyl (C=O) groups is 1. The van der Waals surface area contributed by atoms with Crippen molar-refractivity contribution in [2.45, 2.75) is 32.7 Å². The number of nitrogens with zero attached hydrogens (tertiary/aromatic N) is 4. The molecule has 3 rings (SSSR count). The van der Waals surface area contributed by atoms with Crippen LogP contribution in [-0.2, 0) is 0 Å². The van der Waals surface area contributed by atoms with Gasteiger partial charge >= 0.3 is 0 Å². The number of hydrogen-bond acceptors (Lipinski definition) is 6. The zero-order chi connectivity index (χ0) is 16.9. The molecule has 1 atom stereocenters. The molecule has 0 saturated carbocycles. The van der Waals surface area contributed by atoms with Gasteiger partial charge in [-0.1, -0.05) is 0 Å². The van der Waals surface area contributed by atoms with Gasteiger partial charge in [-0.2, -0.15) is 5.10 Å². The second-order valence-electron chi connectivity index (χ2n) is 5.73. The van der Waals surface area contributed by atoms with Crippen molar-refractivity contribution in [3.05, 3.63) is 29.6 Å². The molecule has 0 spiro atoms. The van der Waals surface area contributed by atoms with Crippen LogP contribution in [-0.4, -0.2) is 51.6 Å². The zero-order valence-corrected chi connectivity index (χ0v) is 15.2. The molecule has 0 bridgehead atoms. The van der Waals surface area contributed by atoms with Crippen LogP contribution in [0.15, 0.2) is 18.3 Å². The van der Waals surface area contributed by atoms with Crippen molar-refractivity contribution >= 4 is 18.3 Å². The van der Waals surface area contributed by atoms with Gasteiger partial charge in [0, 0.05) is 18.7 Å². The van der Waals surface area contributed by atoms with E-state index in [1.165, 1.54) is 0 Å². The van der Waals surface area contributed by atoms with Gasteiger partial charge in [0.25, 0.3) is 5.91 Å². The van der Waals surface area contributed by atoms with Gasteiger partial charge in [-0.3, -0.25) is 4.79 Å². The highest BCUT2D eigenvalue weighted by Gasteiger charge is 2.20. The Kier molecular flexibility index (Phi) is 6.72. The summed E-state index contributed by atoms with van der Waals surface area (Å²) in [6.45, 7) is 6.09. The third kappa shape index (κ3) is 4.46. The number of aromatic nitrogens is 4. The van der Waals surface area contributed by atoms with Crippen molar-refractivity contribution in [1.29, 1.82) is 0 Å². The number of ether oxygens (including phenoxy) is 1. The van der Waals surface area contributed by atoms with E-state index < -0.39 is 0 Å². The average Bonchev–Trinajstić information content (AvgIpc) is 2.98. The molecule has 0 radical (unpaired) electrons. The van der Waals surface area contributed by atoms with Crippen LogP contribution < -0.4 is 15.4 Å². The van der Waals surface area contributed by atoms with Crippen LogP contribution in [0, 0.1) is 6.92 Å². The van der Waals surface area contributed by atoms with Crippen LogP contribution in [0.1, 0.15) is 35.8 Å². The van der Waals surface area contributed by atoms with E-state index in [0.717, 1.165) is 31.6 Å². The molecule has 1 fully saturated rings. The van der Waals surface area contributed by atoms with E-state index in [9.17, 15) is 4.79 Å². The minimum absolute atomic E-state index is 0. The number of hydrogen-bond donors (Lipinski definition) is 2. The number of rotatable bonds is 5. The van der Waals surface area contributed by atoms with Gasteiger partial charge in [0.2, 0.25) is 5.88 Å². The molecule has 0 aromatic carbocycles. The van der Waals surface area contributed by atoms with Crippen molar-refractivity contribution in [3.8, 4) is 11.7 Å². The lowest BCUT2D eigenvalue weighted by atomic mass is 10.1. The lowest BCUT2D eigenvalue weighted by molar-refractivity contribution is 0.0930. The van der Waals surface area contributed by atoms with E-state index in [0.29, 0.717) is 23.9 Å². The molecule has 0 unspecified atom stereocenters. The van der Waals surface area contributed by atoms with E-state index in [4.69, 9.17) is 4.74 Å². The Bertz CT molecular complexity index is 697. The van der Waals surface area contributed by atoms with E-state index in [1.54, 1.807) is 23.0 Å². The van der Waals surface area contributed by atoms with Gasteiger partial charge in [-0.05, 0) is 39.3 Å². The molecule has 136 valence electrons. The summed E-state index contributed by atoms with van der Waals surface area (Å²) in [6.07, 6.45) is 3.64. The van der Waals surface area contributed by atoms with Crippen LogP contribution >= 0.6 is 12.4 Å². The first-order chi connectivity index (χ1) is 11.7. The minimum Gasteiger partial charge on any atom is -0.477 e. The van der Waals surface area contributed by atoms with Crippen LogP contribution in [0.3, 0.4) is 0 Å². The molecule has 3 heterocycles. The monoisotopic (exact) mass is 366 g/mol. The Morgan fingerprint density at radius 3 is 2.92 bits per heavy atom. The summed E-state index contributed by atoms with van der Waals surface area (Å²) in [7, 11) is 0. The molecule has 8 nitrogen and oxygen atoms in total. The van der Waals surface area contributed by atoms with Crippen molar-refractivity contribution in [1.82, 2.24) is 30.6 Å². The van der Waals surface area contributed by atoms with E-state index in [1.807, 2.05) is 13.8 Å². The Morgan fingerprint density at radius 2 is 2.28 bits per heavy atom. The average molecular weight is 367 g/mol. The standard InChI is InChI=1S/C16H22N6O2.ClH/c1-3-24-15-7-6-14(20-21-15)22-11(2)13(10-18-22)16(23)19-12-5-4-8-17-9-12;/h6-7,10,12,17H,3-5,8-9H2,1-2H3,(H,19,23);1H/t12-;/m0./s1. The highest BCUT2D eigenvalue weighted by molar-refractivity contribution is 5.95. The minimum atomic E-state index is -0.105. The fraction of sp³-hybridized carbons (Fsp3) is 0.500. The lowest BCUT2D eigenvalue weighted by Crippen LogP contribution is -2.45. The number of halogens is 1. The van der Waals surface area contributed by atoms with Crippen LogP contribution in [0.2, 0.25) is 0 Å². The summed E-state index contributed by atoms with van der Waals surface area (Å²) in [4.78, 5) is 12.5. The molecular formula is C16H23ClN6O2. The third-order valence-corrected chi connectivity index (χ3v) is 4.02. The molecule has 0 aliphatic carbocycles. The maximum atomic E-state index is 12.5. The molecule has 1 aliphatic rings. The van der Waals surface area contributed by atoms with Gasteiger partial charge in [0.15, 0.2) is 5.82 Å². The number of nitrogens with one attached hydrogen (secondary N) is 2. The maximum Gasteiger partial charge on any atom is 0.255 e. The van der Waals surface area contributed by atoms with Gasteiger partial charge in [-0.25, -0.2) is 4.68 Å². The molecule has 1 amide bonds. The van der Waals surface area contributed by atoms with E-state index >= 15 is 0 Å². The summed E-state index contributed by atoms with van der Waals surface area (Å²) >= 11 is 0. The van der Waals surface area contributed by atoms with Crippen molar-refractivity contribution in [2.75, 3.05) is 19.7 Å². The molecule has 25 heavy (non-hydrogen) atoms. The van der Waals surface area contributed by atoms with Crippen LogP contribution in [0.25, 0.3) is 5.82 Å². The first-order valence-electron chi connectivity index (χ1n) is 8.22. The van der Waals surface area contributed by atoms with Gasteiger partial charge in [0.05, 0.1) is 24.1 Å². The van der Waals surface area contributed by atoms with Gasteiger partial charge < -0.3 is 15.4 Å². The quantitative estimate of drug-likeness (QED) is 0.827. The van der Waals surface area contributed by atoms with Crippen molar-refractivity contribution in [3.63, 3.8) is 0 Å². The van der Waals surface area contributed by atoms with Gasteiger partial charge in [0.1, 0.15) is 0 Å². The molecule has 1 aliphatic heterocycles. The Hall–Kier alpha value is -2.19. The first kappa shape index (κ1) is 19.1. The summed E-state index contributed by atoms with van der Waals surface area (Å²) in [5.41, 5.74) is 1.28. The second-order valence-corrected chi connectivity index (χ2v) is 5.73. The summed E-state index contributed by atoms with van der Waals surface area (Å²) in [5.74, 6) is 0.912. The molecule has 2 aromatic rings. The normalized spacial score (nSPS) is 16.8. The number of piperidine rings is 1. The van der Waals surface area contributed by atoms with Gasteiger partial charge in [-0.15, -0.1) is 22.6 Å². The summed E-state index contributed by atoms with van der Waals surface area (Å²) in [6, 6.07) is 3.67. The zero-order valence-electron chi connectivity index (χ0n) is 14.4. The topological polar surface area (TPSA) is 94.0 Å². The Balaban J connectivity index is 0.00000225. The predicted molar refractivity (Wildman–Crippen MR) is 95.7 cm³/mol. The Labute approximate surface area is 152 Å². The smallest absolute Gasteiger partial charge is 0.255 e. The SMILES string of the molecule is CCOc1ccc(-n2ncc(C(=O)N[C@H]3CCCNC3)c2C)nn1.Cl. The fourth-order valence-corrected chi connectivity index (χ4v) is 2.75. The highest BCUT2D eigenvalue weighted by atomic mass is 35.5. The summed E-state index contributed by atoms with van der Waals surface area (Å²) in [5, 5.41) is 18.7. The second kappa shape index (κ2) is 8.77. The van der Waals surface area contributed by atoms with E-state index in [-0.39, 0.29) is 24.4 Å². The number of carbonyl (C=O) groups excluding carboxylic acids is 1. The largest absolute Gasteiger partial charge is 0.477 e. The maximum absolute atomic E-state index is 12.5. The van der Waals surface area contributed by atoms with Crippen molar-refractivity contribution in [2.24, 2.45) is 0 Å². The van der Waals surface area contributed by atoms with Crippen molar-refractivity contribution < 1.29 is 9.53 Å². The predicted octanol–water partition coefficient (Wildman–Crippen LogP) is 1.27. The summed E-state index contributed by atoms with van der Waals surface area (Å²) < 4.78 is 6.89. The molecular weight excluding hydrogens is 344 g/mol. The van der Waals surface area contributed by atoms with E-state index in [2.05, 4.69) is 25.9 Å². The molecule has 9 heteroatoms. The van der Waals surface area contributed by atoms with Crippen LogP contribution in [0.5, 0.6) is 5.88 Å². The lowest BCUT2D eigenvalue weighted by Gasteiger charge is -2.23. The molecule has 1 saturated heterocycles. The molecule has 2 aromatic heterocycles. The number of amides is 1.